The van der Waals surface area contributed by atoms with Crippen LogP contribution in [0.3, 0.4) is 0 Å². The smallest absolute Gasteiger partial charge is 0.243 e. The highest BCUT2D eigenvalue weighted by molar-refractivity contribution is 7.89. The van der Waals surface area contributed by atoms with Crippen molar-refractivity contribution in [2.24, 2.45) is 5.92 Å². The van der Waals surface area contributed by atoms with Gasteiger partial charge in [0.15, 0.2) is 0 Å². The Morgan fingerprint density at radius 1 is 1.44 bits per heavy atom. The number of ether oxygens (including phenoxy) is 1. The fourth-order valence-corrected chi connectivity index (χ4v) is 4.58. The summed E-state index contributed by atoms with van der Waals surface area (Å²) in [5.41, 5.74) is 0.749. The van der Waals surface area contributed by atoms with E-state index in [1.54, 1.807) is 26.2 Å². The first-order valence-corrected chi connectivity index (χ1v) is 9.87. The minimum absolute atomic E-state index is 0.0161. The molecule has 1 aromatic rings. The second kappa shape index (κ2) is 8.64. The number of benzene rings is 1. The number of nitrogens with zero attached hydrogens (tertiary/aromatic N) is 1. The lowest BCUT2D eigenvalue weighted by Gasteiger charge is -2.31. The molecule has 0 aliphatic carbocycles. The van der Waals surface area contributed by atoms with Gasteiger partial charge >= 0.3 is 0 Å². The first kappa shape index (κ1) is 19.7. The van der Waals surface area contributed by atoms with Gasteiger partial charge in [0.25, 0.3) is 0 Å². The van der Waals surface area contributed by atoms with Crippen LogP contribution in [0.4, 0.5) is 0 Å². The molecule has 1 fully saturated rings. The van der Waals surface area contributed by atoms with E-state index >= 15 is 0 Å². The molecular weight excluding hydrogens is 344 g/mol. The van der Waals surface area contributed by atoms with Crippen LogP contribution in [-0.4, -0.2) is 57.1 Å². The van der Waals surface area contributed by atoms with Crippen LogP contribution in [0.5, 0.6) is 5.75 Å². The molecule has 8 heteroatoms. The Hall–Kier alpha value is -1.64. The van der Waals surface area contributed by atoms with Gasteiger partial charge in [0.1, 0.15) is 5.75 Å². The van der Waals surface area contributed by atoms with Gasteiger partial charge in [-0.05, 0) is 49.9 Å². The van der Waals surface area contributed by atoms with Crippen LogP contribution in [0.25, 0.3) is 0 Å². The van der Waals surface area contributed by atoms with E-state index in [2.05, 4.69) is 5.32 Å². The highest BCUT2D eigenvalue weighted by atomic mass is 32.2. The van der Waals surface area contributed by atoms with Crippen LogP contribution < -0.4 is 10.1 Å². The van der Waals surface area contributed by atoms with Crippen LogP contribution >= 0.6 is 0 Å². The summed E-state index contributed by atoms with van der Waals surface area (Å²) in [6, 6.07) is 4.77. The summed E-state index contributed by atoms with van der Waals surface area (Å²) in [5, 5.41) is 11.5. The number of carbonyl (C=O) groups is 1. The molecule has 1 amide bonds. The van der Waals surface area contributed by atoms with Gasteiger partial charge in [-0.25, -0.2) is 8.42 Å². The van der Waals surface area contributed by atoms with Gasteiger partial charge in [-0.1, -0.05) is 0 Å². The van der Waals surface area contributed by atoms with Crippen molar-refractivity contribution in [1.29, 1.82) is 0 Å². The van der Waals surface area contributed by atoms with Crippen molar-refractivity contribution in [3.05, 3.63) is 23.8 Å². The zero-order chi connectivity index (χ0) is 18.4. The summed E-state index contributed by atoms with van der Waals surface area (Å²) < 4.78 is 32.3. The number of aliphatic hydroxyl groups excluding tert-OH is 1. The number of hydrogen-bond donors (Lipinski definition) is 2. The highest BCUT2D eigenvalue weighted by Crippen LogP contribution is 2.27. The van der Waals surface area contributed by atoms with Gasteiger partial charge in [0, 0.05) is 26.2 Å². The predicted octanol–water partition coefficient (Wildman–Crippen LogP) is 0.903. The van der Waals surface area contributed by atoms with Crippen molar-refractivity contribution < 1.29 is 23.1 Å². The predicted molar refractivity (Wildman–Crippen MR) is 93.9 cm³/mol. The van der Waals surface area contributed by atoms with Crippen LogP contribution in [0.15, 0.2) is 23.1 Å². The van der Waals surface area contributed by atoms with Crippen molar-refractivity contribution in [3.8, 4) is 5.75 Å². The number of aryl methyl sites for hydroxylation is 1. The van der Waals surface area contributed by atoms with Gasteiger partial charge in [-0.2, -0.15) is 4.31 Å². The number of piperidine rings is 1. The third-order valence-corrected chi connectivity index (χ3v) is 6.25. The van der Waals surface area contributed by atoms with Crippen molar-refractivity contribution in [2.75, 3.05) is 33.4 Å². The molecule has 1 heterocycles. The summed E-state index contributed by atoms with van der Waals surface area (Å²) in [4.78, 5) is 12.4. The maximum atomic E-state index is 12.9. The standard InChI is InChI=1S/C17H26N2O5S/c1-13-11-15(6-7-16(13)24-2)25(22,23)19-9-3-5-14(12-19)17(21)18-8-4-10-20/h6-7,11,14,20H,3-5,8-10,12H2,1-2H3,(H,18,21). The van der Waals surface area contributed by atoms with E-state index in [9.17, 15) is 13.2 Å². The lowest BCUT2D eigenvalue weighted by atomic mass is 9.99. The van der Waals surface area contributed by atoms with Gasteiger partial charge < -0.3 is 15.2 Å². The van der Waals surface area contributed by atoms with Gasteiger partial charge in [-0.3, -0.25) is 4.79 Å². The molecular formula is C17H26N2O5S. The molecule has 7 nitrogen and oxygen atoms in total. The third kappa shape index (κ3) is 4.71. The molecule has 2 N–H and O–H groups in total. The van der Waals surface area contributed by atoms with Crippen molar-refractivity contribution in [1.82, 2.24) is 9.62 Å². The lowest BCUT2D eigenvalue weighted by Crippen LogP contribution is -2.45. The molecule has 0 aromatic heterocycles. The number of aliphatic hydroxyl groups is 1. The number of rotatable bonds is 7. The Morgan fingerprint density at radius 3 is 2.84 bits per heavy atom. The average Bonchev–Trinajstić information content (AvgIpc) is 2.61. The molecule has 1 aliphatic heterocycles. The van der Waals surface area contributed by atoms with E-state index in [0.29, 0.717) is 38.1 Å². The zero-order valence-electron chi connectivity index (χ0n) is 14.7. The summed E-state index contributed by atoms with van der Waals surface area (Å²) >= 11 is 0. The zero-order valence-corrected chi connectivity index (χ0v) is 15.5. The lowest BCUT2D eigenvalue weighted by molar-refractivity contribution is -0.126. The summed E-state index contributed by atoms with van der Waals surface area (Å²) in [6.07, 6.45) is 1.80. The summed E-state index contributed by atoms with van der Waals surface area (Å²) in [7, 11) is -2.10. The Kier molecular flexibility index (Phi) is 6.80. The molecule has 0 radical (unpaired) electrons. The quantitative estimate of drug-likeness (QED) is 0.696. The van der Waals surface area contributed by atoms with E-state index in [4.69, 9.17) is 9.84 Å². The average molecular weight is 370 g/mol. The minimum Gasteiger partial charge on any atom is -0.496 e. The van der Waals surface area contributed by atoms with E-state index < -0.39 is 10.0 Å². The van der Waals surface area contributed by atoms with Crippen molar-refractivity contribution >= 4 is 15.9 Å². The molecule has 1 saturated heterocycles. The van der Waals surface area contributed by atoms with Crippen molar-refractivity contribution in [3.63, 3.8) is 0 Å². The summed E-state index contributed by atoms with van der Waals surface area (Å²) in [5.74, 6) is 0.125. The number of sulfonamides is 1. The monoisotopic (exact) mass is 370 g/mol. The largest absolute Gasteiger partial charge is 0.496 e. The molecule has 0 saturated carbocycles. The van der Waals surface area contributed by atoms with E-state index in [1.165, 1.54) is 10.4 Å². The molecule has 1 unspecified atom stereocenters. The molecule has 1 atom stereocenters. The molecule has 1 aromatic carbocycles. The molecule has 25 heavy (non-hydrogen) atoms. The Morgan fingerprint density at radius 2 is 2.20 bits per heavy atom. The maximum Gasteiger partial charge on any atom is 0.243 e. The molecule has 0 bridgehead atoms. The molecule has 140 valence electrons. The highest BCUT2D eigenvalue weighted by Gasteiger charge is 2.33. The van der Waals surface area contributed by atoms with Gasteiger partial charge in [0.2, 0.25) is 15.9 Å². The minimum atomic E-state index is -3.64. The number of methoxy groups -OCH3 is 1. The first-order valence-electron chi connectivity index (χ1n) is 8.43. The van der Waals surface area contributed by atoms with Gasteiger partial charge in [0.05, 0.1) is 17.9 Å². The third-order valence-electron chi connectivity index (χ3n) is 4.39. The Balaban J connectivity index is 2.11. The Bertz CT molecular complexity index is 705. The number of hydrogen-bond acceptors (Lipinski definition) is 5. The topological polar surface area (TPSA) is 95.9 Å². The normalized spacial score (nSPS) is 18.8. The maximum absolute atomic E-state index is 12.9. The SMILES string of the molecule is COc1ccc(S(=O)(=O)N2CCCC(C(=O)NCCCO)C2)cc1C. The fourth-order valence-electron chi connectivity index (χ4n) is 2.97. The van der Waals surface area contributed by atoms with Gasteiger partial charge in [-0.15, -0.1) is 0 Å². The first-order chi connectivity index (χ1) is 11.9. The second-order valence-corrected chi connectivity index (χ2v) is 8.14. The van der Waals surface area contributed by atoms with Crippen molar-refractivity contribution in [2.45, 2.75) is 31.1 Å². The molecule has 0 spiro atoms. The van der Waals surface area contributed by atoms with Crippen LogP contribution in [0.1, 0.15) is 24.8 Å². The fraction of sp³-hybridized carbons (Fsp3) is 0.588. The van der Waals surface area contributed by atoms with E-state index in [0.717, 1.165) is 5.56 Å². The summed E-state index contributed by atoms with van der Waals surface area (Å²) in [6.45, 7) is 2.80. The molecule has 1 aliphatic rings. The number of carbonyl (C=O) groups excluding carboxylic acids is 1. The van der Waals surface area contributed by atoms with Crippen LogP contribution in [0.2, 0.25) is 0 Å². The molecule has 2 rings (SSSR count). The second-order valence-electron chi connectivity index (χ2n) is 6.20. The van der Waals surface area contributed by atoms with Crippen LogP contribution in [-0.2, 0) is 14.8 Å². The number of amides is 1. The Labute approximate surface area is 149 Å². The van der Waals surface area contributed by atoms with E-state index in [1.807, 2.05) is 0 Å². The van der Waals surface area contributed by atoms with Crippen LogP contribution in [0, 0.1) is 12.8 Å². The number of nitrogens with one attached hydrogen (secondary N) is 1. The van der Waals surface area contributed by atoms with E-state index in [-0.39, 0.29) is 29.9 Å².